The molecule has 0 spiro atoms. The largest absolute Gasteiger partial charge is 0.433 e. The minimum absolute atomic E-state index is 0.0522. The van der Waals surface area contributed by atoms with Crippen LogP contribution in [0.1, 0.15) is 18.5 Å². The summed E-state index contributed by atoms with van der Waals surface area (Å²) in [5, 5.41) is 9.47. The predicted molar refractivity (Wildman–Crippen MR) is 63.2 cm³/mol. The number of hydrogen-bond acceptors (Lipinski definition) is 4. The Morgan fingerprint density at radius 3 is 2.55 bits per heavy atom. The first-order chi connectivity index (χ1) is 9.21. The van der Waals surface area contributed by atoms with Crippen LogP contribution in [0.3, 0.4) is 0 Å². The van der Waals surface area contributed by atoms with Gasteiger partial charge in [0, 0.05) is 19.3 Å². The first-order valence-corrected chi connectivity index (χ1v) is 7.37. The fraction of sp³-hybridized carbons (Fsp3) is 0.545. The number of aliphatic hydroxyl groups is 1. The molecule has 1 saturated heterocycles. The molecule has 20 heavy (non-hydrogen) atoms. The van der Waals surface area contributed by atoms with Gasteiger partial charge in [0.05, 0.1) is 6.10 Å². The molecular formula is C11H13F3N2O3S. The Hall–Kier alpha value is -1.19. The number of piperidine rings is 1. The molecule has 1 aliphatic rings. The van der Waals surface area contributed by atoms with E-state index in [2.05, 4.69) is 4.98 Å². The van der Waals surface area contributed by atoms with Crippen LogP contribution in [0.2, 0.25) is 0 Å². The Bertz CT molecular complexity index is 572. The van der Waals surface area contributed by atoms with Gasteiger partial charge in [0.2, 0.25) is 10.0 Å². The second-order valence-corrected chi connectivity index (χ2v) is 6.47. The van der Waals surface area contributed by atoms with Crippen LogP contribution in [-0.4, -0.2) is 42.0 Å². The van der Waals surface area contributed by atoms with E-state index in [1.165, 1.54) is 0 Å². The summed E-state index contributed by atoms with van der Waals surface area (Å²) in [4.78, 5) is 2.83. The standard InChI is InChI=1S/C11H13F3N2O3S/c12-11(13,14)10-4-3-9(6-15-10)20(18,19)16-5-1-2-8(17)7-16/h3-4,6,8,17H,1-2,5,7H2. The maximum atomic E-state index is 12.4. The van der Waals surface area contributed by atoms with E-state index >= 15 is 0 Å². The second kappa shape index (κ2) is 5.30. The Morgan fingerprint density at radius 1 is 1.35 bits per heavy atom. The van der Waals surface area contributed by atoms with Crippen molar-refractivity contribution in [1.29, 1.82) is 0 Å². The van der Waals surface area contributed by atoms with Crippen LogP contribution >= 0.6 is 0 Å². The van der Waals surface area contributed by atoms with Crippen molar-refractivity contribution < 1.29 is 26.7 Å². The number of aliphatic hydroxyl groups excluding tert-OH is 1. The molecule has 1 N–H and O–H groups in total. The van der Waals surface area contributed by atoms with Gasteiger partial charge in [-0.05, 0) is 25.0 Å². The van der Waals surface area contributed by atoms with Crippen LogP contribution in [0, 0.1) is 0 Å². The molecule has 1 aliphatic heterocycles. The number of halogens is 3. The molecule has 1 fully saturated rings. The van der Waals surface area contributed by atoms with Crippen molar-refractivity contribution in [2.45, 2.75) is 30.0 Å². The lowest BCUT2D eigenvalue weighted by Crippen LogP contribution is -2.42. The number of β-amino-alcohol motifs (C(OH)–C–C–N with tert-alkyl or cyclic N) is 1. The van der Waals surface area contributed by atoms with Crippen molar-refractivity contribution in [2.24, 2.45) is 0 Å². The fourth-order valence-corrected chi connectivity index (χ4v) is 3.45. The number of nitrogens with zero attached hydrogens (tertiary/aromatic N) is 2. The predicted octanol–water partition coefficient (Wildman–Crippen LogP) is 1.25. The molecule has 0 saturated carbocycles. The average molecular weight is 310 g/mol. The van der Waals surface area contributed by atoms with Gasteiger partial charge in [0.15, 0.2) is 0 Å². The van der Waals surface area contributed by atoms with E-state index in [1.54, 1.807) is 0 Å². The Kier molecular flexibility index (Phi) is 4.03. The minimum Gasteiger partial charge on any atom is -0.392 e. The summed E-state index contributed by atoms with van der Waals surface area (Å²) < 4.78 is 62.5. The van der Waals surface area contributed by atoms with Crippen LogP contribution in [-0.2, 0) is 16.2 Å². The summed E-state index contributed by atoms with van der Waals surface area (Å²) in [6.07, 6.45) is -3.64. The number of rotatable bonds is 2. The van der Waals surface area contributed by atoms with Crippen LogP contribution in [0.5, 0.6) is 0 Å². The summed E-state index contributed by atoms with van der Waals surface area (Å²) in [7, 11) is -3.91. The Morgan fingerprint density at radius 2 is 2.05 bits per heavy atom. The zero-order valence-corrected chi connectivity index (χ0v) is 11.2. The van der Waals surface area contributed by atoms with Gasteiger partial charge < -0.3 is 5.11 Å². The molecule has 0 amide bonds. The molecule has 2 heterocycles. The molecule has 2 rings (SSSR count). The highest BCUT2D eigenvalue weighted by Crippen LogP contribution is 2.28. The summed E-state index contributed by atoms with van der Waals surface area (Å²) in [6, 6.07) is 1.51. The highest BCUT2D eigenvalue weighted by molar-refractivity contribution is 7.89. The maximum absolute atomic E-state index is 12.4. The number of pyridine rings is 1. The van der Waals surface area contributed by atoms with E-state index in [0.29, 0.717) is 25.1 Å². The Labute approximate surface area is 114 Å². The van der Waals surface area contributed by atoms with E-state index in [0.717, 1.165) is 10.4 Å². The third-order valence-electron chi connectivity index (χ3n) is 3.02. The summed E-state index contributed by atoms with van der Waals surface area (Å²) >= 11 is 0. The Balaban J connectivity index is 2.26. The second-order valence-electron chi connectivity index (χ2n) is 4.54. The molecule has 0 aliphatic carbocycles. The van der Waals surface area contributed by atoms with E-state index in [1.807, 2.05) is 0 Å². The van der Waals surface area contributed by atoms with E-state index < -0.39 is 28.0 Å². The quantitative estimate of drug-likeness (QED) is 0.892. The maximum Gasteiger partial charge on any atom is 0.433 e. The smallest absolute Gasteiger partial charge is 0.392 e. The summed E-state index contributed by atoms with van der Waals surface area (Å²) in [6.45, 7) is 0.184. The van der Waals surface area contributed by atoms with E-state index in [9.17, 15) is 26.7 Å². The van der Waals surface area contributed by atoms with Crippen molar-refractivity contribution >= 4 is 10.0 Å². The first-order valence-electron chi connectivity index (χ1n) is 5.93. The van der Waals surface area contributed by atoms with Crippen LogP contribution < -0.4 is 0 Å². The molecule has 0 bridgehead atoms. The fourth-order valence-electron chi connectivity index (χ4n) is 1.99. The van der Waals surface area contributed by atoms with Gasteiger partial charge in [-0.25, -0.2) is 8.42 Å². The molecule has 9 heteroatoms. The third-order valence-corrected chi connectivity index (χ3v) is 4.87. The molecule has 1 atom stereocenters. The molecule has 1 unspecified atom stereocenters. The van der Waals surface area contributed by atoms with Crippen molar-refractivity contribution in [3.05, 3.63) is 24.0 Å². The van der Waals surface area contributed by atoms with Crippen molar-refractivity contribution in [3.63, 3.8) is 0 Å². The zero-order valence-electron chi connectivity index (χ0n) is 10.3. The lowest BCUT2D eigenvalue weighted by Gasteiger charge is -2.29. The summed E-state index contributed by atoms with van der Waals surface area (Å²) in [5.74, 6) is 0. The molecule has 1 aromatic heterocycles. The van der Waals surface area contributed by atoms with Crippen LogP contribution in [0.25, 0.3) is 0 Å². The SMILES string of the molecule is O=S(=O)(c1ccc(C(F)(F)F)nc1)N1CCCC(O)C1. The molecule has 112 valence electrons. The van der Waals surface area contributed by atoms with E-state index in [4.69, 9.17) is 0 Å². The van der Waals surface area contributed by atoms with Crippen molar-refractivity contribution in [1.82, 2.24) is 9.29 Å². The third kappa shape index (κ3) is 3.10. The van der Waals surface area contributed by atoms with Gasteiger partial charge in [-0.1, -0.05) is 0 Å². The van der Waals surface area contributed by atoms with Crippen LogP contribution in [0.15, 0.2) is 23.2 Å². The lowest BCUT2D eigenvalue weighted by molar-refractivity contribution is -0.141. The normalized spacial score (nSPS) is 21.9. The van der Waals surface area contributed by atoms with Crippen LogP contribution in [0.4, 0.5) is 13.2 Å². The van der Waals surface area contributed by atoms with Gasteiger partial charge in [-0.15, -0.1) is 0 Å². The summed E-state index contributed by atoms with van der Waals surface area (Å²) in [5.41, 5.74) is -1.14. The minimum atomic E-state index is -4.61. The number of sulfonamides is 1. The topological polar surface area (TPSA) is 70.5 Å². The van der Waals surface area contributed by atoms with Crippen molar-refractivity contribution in [2.75, 3.05) is 13.1 Å². The molecule has 5 nitrogen and oxygen atoms in total. The van der Waals surface area contributed by atoms with Crippen molar-refractivity contribution in [3.8, 4) is 0 Å². The zero-order chi connectivity index (χ0) is 15.0. The average Bonchev–Trinajstić information content (AvgIpc) is 2.38. The number of alkyl halides is 3. The van der Waals surface area contributed by atoms with Gasteiger partial charge >= 0.3 is 6.18 Å². The highest BCUT2D eigenvalue weighted by Gasteiger charge is 2.34. The van der Waals surface area contributed by atoms with Gasteiger partial charge in [0.25, 0.3) is 0 Å². The lowest BCUT2D eigenvalue weighted by atomic mass is 10.1. The van der Waals surface area contributed by atoms with Gasteiger partial charge in [-0.3, -0.25) is 4.98 Å². The molecule has 0 aromatic carbocycles. The highest BCUT2D eigenvalue weighted by atomic mass is 32.2. The van der Waals surface area contributed by atoms with E-state index in [-0.39, 0.29) is 18.0 Å². The monoisotopic (exact) mass is 310 g/mol. The van der Waals surface area contributed by atoms with Gasteiger partial charge in [-0.2, -0.15) is 17.5 Å². The number of aromatic nitrogens is 1. The molecule has 0 radical (unpaired) electrons. The molecular weight excluding hydrogens is 297 g/mol. The first kappa shape index (κ1) is 15.2. The molecule has 1 aromatic rings. The number of hydrogen-bond donors (Lipinski definition) is 1. The van der Waals surface area contributed by atoms with Gasteiger partial charge in [0.1, 0.15) is 10.6 Å².